The summed E-state index contributed by atoms with van der Waals surface area (Å²) in [6.45, 7) is 4.36. The van der Waals surface area contributed by atoms with Crippen LogP contribution in [0, 0.1) is 0 Å². The van der Waals surface area contributed by atoms with E-state index in [1.807, 2.05) is 7.05 Å². The highest BCUT2D eigenvalue weighted by molar-refractivity contribution is 9.10. The lowest BCUT2D eigenvalue weighted by Gasteiger charge is -2.23. The second kappa shape index (κ2) is 3.65. The standard InChI is InChI=1S/C12H15BrN2/c1-12(2,14-3)10-7-15-11-6-8(13)4-5-9(10)11/h4-7,14-15H,1-3H3. The van der Waals surface area contributed by atoms with Gasteiger partial charge in [0.2, 0.25) is 0 Å². The van der Waals surface area contributed by atoms with Crippen molar-refractivity contribution in [3.63, 3.8) is 0 Å². The monoisotopic (exact) mass is 266 g/mol. The second-order valence-electron chi connectivity index (χ2n) is 4.27. The summed E-state index contributed by atoms with van der Waals surface area (Å²) in [6, 6.07) is 6.32. The van der Waals surface area contributed by atoms with Gasteiger partial charge in [-0.25, -0.2) is 0 Å². The summed E-state index contributed by atoms with van der Waals surface area (Å²) in [6.07, 6.45) is 2.08. The highest BCUT2D eigenvalue weighted by atomic mass is 79.9. The summed E-state index contributed by atoms with van der Waals surface area (Å²) >= 11 is 3.47. The van der Waals surface area contributed by atoms with E-state index in [1.54, 1.807) is 0 Å². The fourth-order valence-electron chi connectivity index (χ4n) is 1.75. The summed E-state index contributed by atoms with van der Waals surface area (Å²) in [4.78, 5) is 3.30. The SMILES string of the molecule is CNC(C)(C)c1c[nH]c2cc(Br)ccc12. The number of aromatic amines is 1. The molecule has 0 aliphatic heterocycles. The summed E-state index contributed by atoms with van der Waals surface area (Å²) in [7, 11) is 1.98. The number of nitrogens with one attached hydrogen (secondary N) is 2. The zero-order chi connectivity index (χ0) is 11.1. The van der Waals surface area contributed by atoms with Crippen LogP contribution in [0.4, 0.5) is 0 Å². The highest BCUT2D eigenvalue weighted by Crippen LogP contribution is 2.29. The van der Waals surface area contributed by atoms with Gasteiger partial charge in [0.15, 0.2) is 0 Å². The maximum absolute atomic E-state index is 3.47. The molecule has 2 nitrogen and oxygen atoms in total. The van der Waals surface area contributed by atoms with Crippen LogP contribution >= 0.6 is 15.9 Å². The fourth-order valence-corrected chi connectivity index (χ4v) is 2.11. The summed E-state index contributed by atoms with van der Waals surface area (Å²) in [5.74, 6) is 0. The molecule has 0 atom stereocenters. The van der Waals surface area contributed by atoms with Gasteiger partial charge in [0.25, 0.3) is 0 Å². The molecular weight excluding hydrogens is 252 g/mol. The van der Waals surface area contributed by atoms with Gasteiger partial charge in [-0.15, -0.1) is 0 Å². The van der Waals surface area contributed by atoms with Crippen molar-refractivity contribution in [1.82, 2.24) is 10.3 Å². The Morgan fingerprint density at radius 2 is 2.07 bits per heavy atom. The molecule has 2 aromatic rings. The zero-order valence-corrected chi connectivity index (χ0v) is 10.8. The summed E-state index contributed by atoms with van der Waals surface area (Å²) < 4.78 is 1.10. The Morgan fingerprint density at radius 3 is 2.73 bits per heavy atom. The van der Waals surface area contributed by atoms with Gasteiger partial charge in [-0.2, -0.15) is 0 Å². The van der Waals surface area contributed by atoms with Gasteiger partial charge < -0.3 is 10.3 Å². The number of halogens is 1. The number of H-pyrrole nitrogens is 1. The third-order valence-corrected chi connectivity index (χ3v) is 3.44. The number of benzene rings is 1. The Hall–Kier alpha value is -0.800. The van der Waals surface area contributed by atoms with E-state index in [0.717, 1.165) is 4.47 Å². The minimum atomic E-state index is -0.00786. The van der Waals surface area contributed by atoms with Crippen LogP contribution in [-0.4, -0.2) is 12.0 Å². The number of hydrogen-bond donors (Lipinski definition) is 2. The van der Waals surface area contributed by atoms with Crippen LogP contribution in [-0.2, 0) is 5.54 Å². The minimum Gasteiger partial charge on any atom is -0.361 e. The van der Waals surface area contributed by atoms with E-state index in [2.05, 4.69) is 64.5 Å². The Morgan fingerprint density at radius 1 is 1.33 bits per heavy atom. The van der Waals surface area contributed by atoms with Crippen LogP contribution in [0.15, 0.2) is 28.9 Å². The first-order valence-corrected chi connectivity index (χ1v) is 5.80. The molecule has 1 aromatic carbocycles. The quantitative estimate of drug-likeness (QED) is 0.857. The van der Waals surface area contributed by atoms with Crippen LogP contribution in [0.2, 0.25) is 0 Å². The van der Waals surface area contributed by atoms with E-state index in [9.17, 15) is 0 Å². The lowest BCUT2D eigenvalue weighted by Crippen LogP contribution is -2.32. The van der Waals surface area contributed by atoms with E-state index >= 15 is 0 Å². The molecule has 1 heterocycles. The number of rotatable bonds is 2. The molecule has 0 radical (unpaired) electrons. The van der Waals surface area contributed by atoms with E-state index in [-0.39, 0.29) is 5.54 Å². The van der Waals surface area contributed by atoms with Crippen LogP contribution in [0.1, 0.15) is 19.4 Å². The fraction of sp³-hybridized carbons (Fsp3) is 0.333. The van der Waals surface area contributed by atoms with Crippen LogP contribution in [0.3, 0.4) is 0 Å². The van der Waals surface area contributed by atoms with Crippen molar-refractivity contribution in [2.75, 3.05) is 7.05 Å². The molecule has 2 N–H and O–H groups in total. The molecule has 15 heavy (non-hydrogen) atoms. The van der Waals surface area contributed by atoms with Gasteiger partial charge in [-0.05, 0) is 38.6 Å². The maximum Gasteiger partial charge on any atom is 0.0468 e. The van der Waals surface area contributed by atoms with Gasteiger partial charge in [0, 0.05) is 27.1 Å². The van der Waals surface area contributed by atoms with E-state index in [1.165, 1.54) is 16.5 Å². The first kappa shape index (κ1) is 10.7. The summed E-state index contributed by atoms with van der Waals surface area (Å²) in [5, 5.41) is 4.59. The van der Waals surface area contributed by atoms with Crippen molar-refractivity contribution < 1.29 is 0 Å². The molecule has 0 saturated carbocycles. The third-order valence-electron chi connectivity index (χ3n) is 2.94. The lowest BCUT2D eigenvalue weighted by atomic mass is 9.94. The molecule has 0 fully saturated rings. The molecule has 0 amide bonds. The van der Waals surface area contributed by atoms with Crippen molar-refractivity contribution >= 4 is 26.8 Å². The van der Waals surface area contributed by atoms with Crippen molar-refractivity contribution in [3.05, 3.63) is 34.4 Å². The molecule has 0 aliphatic carbocycles. The van der Waals surface area contributed by atoms with Crippen LogP contribution in [0.5, 0.6) is 0 Å². The zero-order valence-electron chi connectivity index (χ0n) is 9.19. The molecule has 0 unspecified atom stereocenters. The molecule has 0 bridgehead atoms. The van der Waals surface area contributed by atoms with Gasteiger partial charge in [0.05, 0.1) is 0 Å². The Bertz CT molecular complexity index is 485. The van der Waals surface area contributed by atoms with Crippen molar-refractivity contribution in [1.29, 1.82) is 0 Å². The summed E-state index contributed by atoms with van der Waals surface area (Å²) in [5.41, 5.74) is 2.46. The number of fused-ring (bicyclic) bond motifs is 1. The smallest absolute Gasteiger partial charge is 0.0468 e. The first-order chi connectivity index (χ1) is 7.04. The van der Waals surface area contributed by atoms with Crippen molar-refractivity contribution in [3.8, 4) is 0 Å². The molecule has 0 spiro atoms. The van der Waals surface area contributed by atoms with Crippen molar-refractivity contribution in [2.24, 2.45) is 0 Å². The normalized spacial score (nSPS) is 12.3. The number of aromatic nitrogens is 1. The maximum atomic E-state index is 3.47. The van der Waals surface area contributed by atoms with Crippen LogP contribution < -0.4 is 5.32 Å². The van der Waals surface area contributed by atoms with E-state index < -0.39 is 0 Å². The van der Waals surface area contributed by atoms with Gasteiger partial charge in [-0.3, -0.25) is 0 Å². The molecular formula is C12H15BrN2. The van der Waals surface area contributed by atoms with Gasteiger partial charge in [0.1, 0.15) is 0 Å². The number of hydrogen-bond acceptors (Lipinski definition) is 1. The van der Waals surface area contributed by atoms with E-state index in [4.69, 9.17) is 0 Å². The first-order valence-electron chi connectivity index (χ1n) is 5.00. The topological polar surface area (TPSA) is 27.8 Å². The Balaban J connectivity index is 2.64. The van der Waals surface area contributed by atoms with Gasteiger partial charge in [-0.1, -0.05) is 22.0 Å². The third kappa shape index (κ3) is 1.82. The molecule has 0 aliphatic rings. The lowest BCUT2D eigenvalue weighted by molar-refractivity contribution is 0.448. The van der Waals surface area contributed by atoms with Crippen molar-refractivity contribution in [2.45, 2.75) is 19.4 Å². The Kier molecular flexibility index (Phi) is 2.61. The predicted molar refractivity (Wildman–Crippen MR) is 68.1 cm³/mol. The minimum absolute atomic E-state index is 0.00786. The van der Waals surface area contributed by atoms with Crippen LogP contribution in [0.25, 0.3) is 10.9 Å². The predicted octanol–water partition coefficient (Wildman–Crippen LogP) is 3.38. The average molecular weight is 267 g/mol. The molecule has 80 valence electrons. The largest absolute Gasteiger partial charge is 0.361 e. The highest BCUT2D eigenvalue weighted by Gasteiger charge is 2.21. The van der Waals surface area contributed by atoms with E-state index in [0.29, 0.717) is 0 Å². The molecule has 2 rings (SSSR count). The molecule has 1 aromatic heterocycles. The molecule has 3 heteroatoms. The van der Waals surface area contributed by atoms with Gasteiger partial charge >= 0.3 is 0 Å². The molecule has 0 saturated heterocycles. The average Bonchev–Trinajstić information content (AvgIpc) is 2.61. The Labute approximate surface area is 98.2 Å². The second-order valence-corrected chi connectivity index (χ2v) is 5.18.